The van der Waals surface area contributed by atoms with Crippen LogP contribution in [0.4, 0.5) is 5.82 Å². The van der Waals surface area contributed by atoms with E-state index in [2.05, 4.69) is 36.1 Å². The number of hydrogen-bond acceptors (Lipinski definition) is 7. The van der Waals surface area contributed by atoms with Gasteiger partial charge in [-0.3, -0.25) is 9.59 Å². The Morgan fingerprint density at radius 1 is 1.29 bits per heavy atom. The first kappa shape index (κ1) is 26.1. The maximum absolute atomic E-state index is 13.5. The van der Waals surface area contributed by atoms with Crippen molar-refractivity contribution < 1.29 is 14.7 Å². The molecule has 2 aromatic rings. The standard InChI is InChI=1S/C25H37N5O3S/c1-15-12-18(28-24(3,4)5)26-13-17(15)20-19(22(31)30-11-9-10-16(30)2)27-21(34-20)23(32)29(8)14-25(6,7)33/h12-13,16,33H,9-11,14H2,1-8H3,(H,26,28)/t16-/m0/s1. The summed E-state index contributed by atoms with van der Waals surface area (Å²) in [7, 11) is 1.63. The molecule has 3 rings (SSSR count). The highest BCUT2D eigenvalue weighted by Gasteiger charge is 2.33. The number of anilines is 1. The molecule has 1 aliphatic heterocycles. The number of pyridine rings is 1. The first-order valence-electron chi connectivity index (χ1n) is 11.7. The van der Waals surface area contributed by atoms with Gasteiger partial charge in [-0.1, -0.05) is 0 Å². The molecule has 186 valence electrons. The van der Waals surface area contributed by atoms with Crippen molar-refractivity contribution >= 4 is 29.0 Å². The van der Waals surface area contributed by atoms with Crippen LogP contribution in [0.1, 0.15) is 80.2 Å². The van der Waals surface area contributed by atoms with Crippen molar-refractivity contribution in [2.45, 2.75) is 78.5 Å². The molecule has 0 spiro atoms. The lowest BCUT2D eigenvalue weighted by Crippen LogP contribution is -2.39. The third kappa shape index (κ3) is 6.13. The lowest BCUT2D eigenvalue weighted by atomic mass is 10.1. The summed E-state index contributed by atoms with van der Waals surface area (Å²) in [5, 5.41) is 13.7. The van der Waals surface area contributed by atoms with Gasteiger partial charge in [0.1, 0.15) is 11.5 Å². The fourth-order valence-electron chi connectivity index (χ4n) is 4.17. The number of likely N-dealkylation sites (N-methyl/N-ethyl adjacent to an activating group) is 1. The minimum Gasteiger partial charge on any atom is -0.389 e. The third-order valence-electron chi connectivity index (χ3n) is 5.66. The van der Waals surface area contributed by atoms with E-state index in [1.807, 2.05) is 24.8 Å². The van der Waals surface area contributed by atoms with Crippen LogP contribution in [-0.2, 0) is 0 Å². The molecular weight excluding hydrogens is 450 g/mol. The molecule has 8 nitrogen and oxygen atoms in total. The van der Waals surface area contributed by atoms with E-state index in [0.29, 0.717) is 17.1 Å². The molecular formula is C25H37N5O3S. The average Bonchev–Trinajstić information content (AvgIpc) is 3.31. The second-order valence-corrected chi connectivity index (χ2v) is 11.9. The van der Waals surface area contributed by atoms with Crippen LogP contribution in [0.25, 0.3) is 10.4 Å². The number of carbonyl (C=O) groups excluding carboxylic acids is 2. The minimum absolute atomic E-state index is 0.136. The molecule has 0 bridgehead atoms. The first-order valence-corrected chi connectivity index (χ1v) is 12.5. The molecule has 2 amide bonds. The Morgan fingerprint density at radius 2 is 1.97 bits per heavy atom. The van der Waals surface area contributed by atoms with Crippen molar-refractivity contribution in [1.29, 1.82) is 0 Å². The predicted molar refractivity (Wildman–Crippen MR) is 136 cm³/mol. The molecule has 9 heteroatoms. The quantitative estimate of drug-likeness (QED) is 0.634. The molecule has 1 saturated heterocycles. The van der Waals surface area contributed by atoms with Crippen molar-refractivity contribution in [3.05, 3.63) is 28.5 Å². The highest BCUT2D eigenvalue weighted by Crippen LogP contribution is 2.35. The molecule has 0 saturated carbocycles. The smallest absolute Gasteiger partial charge is 0.282 e. The number of nitrogens with one attached hydrogen (secondary N) is 1. The van der Waals surface area contributed by atoms with Crippen LogP contribution in [0, 0.1) is 6.92 Å². The molecule has 2 aromatic heterocycles. The molecule has 1 atom stereocenters. The number of nitrogens with zero attached hydrogens (tertiary/aromatic N) is 4. The lowest BCUT2D eigenvalue weighted by molar-refractivity contribution is 0.0367. The molecule has 34 heavy (non-hydrogen) atoms. The van der Waals surface area contributed by atoms with E-state index >= 15 is 0 Å². The van der Waals surface area contributed by atoms with E-state index in [-0.39, 0.29) is 34.9 Å². The summed E-state index contributed by atoms with van der Waals surface area (Å²) in [5.41, 5.74) is 0.850. The van der Waals surface area contributed by atoms with Crippen LogP contribution in [0.2, 0.25) is 0 Å². The van der Waals surface area contributed by atoms with Gasteiger partial charge in [0.05, 0.1) is 10.5 Å². The number of aromatic nitrogens is 2. The molecule has 0 aromatic carbocycles. The maximum atomic E-state index is 13.5. The zero-order valence-corrected chi connectivity index (χ0v) is 22.3. The summed E-state index contributed by atoms with van der Waals surface area (Å²) >= 11 is 1.20. The number of hydrogen-bond donors (Lipinski definition) is 2. The number of aliphatic hydroxyl groups is 1. The Balaban J connectivity index is 2.04. The second kappa shape index (κ2) is 9.62. The van der Waals surface area contributed by atoms with Gasteiger partial charge in [-0.2, -0.15) is 0 Å². The van der Waals surface area contributed by atoms with Crippen molar-refractivity contribution in [3.63, 3.8) is 0 Å². The predicted octanol–water partition coefficient (Wildman–Crippen LogP) is 4.19. The molecule has 1 fully saturated rings. The van der Waals surface area contributed by atoms with Crippen LogP contribution in [0.15, 0.2) is 12.3 Å². The van der Waals surface area contributed by atoms with Gasteiger partial charge in [-0.25, -0.2) is 9.97 Å². The van der Waals surface area contributed by atoms with E-state index in [1.54, 1.807) is 27.1 Å². The van der Waals surface area contributed by atoms with Crippen LogP contribution in [0.3, 0.4) is 0 Å². The van der Waals surface area contributed by atoms with E-state index in [4.69, 9.17) is 0 Å². The van der Waals surface area contributed by atoms with Gasteiger partial charge in [0.2, 0.25) is 0 Å². The van der Waals surface area contributed by atoms with Gasteiger partial charge in [0, 0.05) is 43.5 Å². The van der Waals surface area contributed by atoms with Gasteiger partial charge in [-0.15, -0.1) is 11.3 Å². The summed E-state index contributed by atoms with van der Waals surface area (Å²) in [5.74, 6) is 0.274. The van der Waals surface area contributed by atoms with Gasteiger partial charge >= 0.3 is 0 Å². The molecule has 2 N–H and O–H groups in total. The number of rotatable bonds is 6. The van der Waals surface area contributed by atoms with Crippen molar-refractivity contribution in [2.24, 2.45) is 0 Å². The topological polar surface area (TPSA) is 98.7 Å². The normalized spacial score (nSPS) is 16.6. The van der Waals surface area contributed by atoms with E-state index < -0.39 is 5.60 Å². The largest absolute Gasteiger partial charge is 0.389 e. The molecule has 3 heterocycles. The molecule has 1 aliphatic rings. The summed E-state index contributed by atoms with van der Waals surface area (Å²) in [4.78, 5) is 39.7. The first-order chi connectivity index (χ1) is 15.7. The second-order valence-electron chi connectivity index (χ2n) is 10.9. The molecule has 0 aliphatic carbocycles. The third-order valence-corrected chi connectivity index (χ3v) is 6.73. The van der Waals surface area contributed by atoms with Crippen molar-refractivity contribution in [1.82, 2.24) is 19.8 Å². The number of aryl methyl sites for hydroxylation is 1. The Hall–Kier alpha value is -2.52. The number of likely N-dealkylation sites (tertiary alicyclic amines) is 1. The fourth-order valence-corrected chi connectivity index (χ4v) is 5.30. The zero-order chi connectivity index (χ0) is 25.4. The fraction of sp³-hybridized carbons (Fsp3) is 0.600. The van der Waals surface area contributed by atoms with Crippen LogP contribution in [-0.4, -0.2) is 74.0 Å². The monoisotopic (exact) mass is 487 g/mol. The van der Waals surface area contributed by atoms with Crippen LogP contribution >= 0.6 is 11.3 Å². The van der Waals surface area contributed by atoms with E-state index in [9.17, 15) is 14.7 Å². The number of thiazole rings is 1. The minimum atomic E-state index is -1.04. The van der Waals surface area contributed by atoms with Crippen molar-refractivity contribution in [2.75, 3.05) is 25.5 Å². The Labute approximate surface area is 206 Å². The highest BCUT2D eigenvalue weighted by atomic mass is 32.1. The Morgan fingerprint density at radius 3 is 2.50 bits per heavy atom. The molecule has 0 unspecified atom stereocenters. The zero-order valence-electron chi connectivity index (χ0n) is 21.5. The lowest BCUT2D eigenvalue weighted by Gasteiger charge is -2.24. The number of carbonyl (C=O) groups is 2. The Kier molecular flexibility index (Phi) is 7.38. The average molecular weight is 488 g/mol. The van der Waals surface area contributed by atoms with Crippen LogP contribution in [0.5, 0.6) is 0 Å². The summed E-state index contributed by atoms with van der Waals surface area (Å²) in [6.45, 7) is 14.3. The molecule has 0 radical (unpaired) electrons. The maximum Gasteiger partial charge on any atom is 0.282 e. The SMILES string of the molecule is Cc1cc(NC(C)(C)C)ncc1-c1sc(C(=O)N(C)CC(C)(C)O)nc1C(=O)N1CCC[C@@H]1C. The van der Waals surface area contributed by atoms with E-state index in [1.165, 1.54) is 16.2 Å². The van der Waals surface area contributed by atoms with Gasteiger partial charge < -0.3 is 20.2 Å². The van der Waals surface area contributed by atoms with E-state index in [0.717, 1.165) is 29.8 Å². The summed E-state index contributed by atoms with van der Waals surface area (Å²) in [6.07, 6.45) is 3.66. The summed E-state index contributed by atoms with van der Waals surface area (Å²) < 4.78 is 0. The van der Waals surface area contributed by atoms with Gasteiger partial charge in [-0.05, 0) is 72.9 Å². The van der Waals surface area contributed by atoms with Gasteiger partial charge in [0.15, 0.2) is 5.01 Å². The Bertz CT molecular complexity index is 1070. The number of amides is 2. The van der Waals surface area contributed by atoms with Crippen molar-refractivity contribution in [3.8, 4) is 10.4 Å². The van der Waals surface area contributed by atoms with Crippen LogP contribution < -0.4 is 5.32 Å². The summed E-state index contributed by atoms with van der Waals surface area (Å²) in [6, 6.07) is 2.09. The van der Waals surface area contributed by atoms with Gasteiger partial charge in [0.25, 0.3) is 11.8 Å². The highest BCUT2D eigenvalue weighted by molar-refractivity contribution is 7.17.